The number of imide groups is 1. The monoisotopic (exact) mass is 637 g/mol. The minimum Gasteiger partial charge on any atom is -0.501 e. The second-order valence-corrected chi connectivity index (χ2v) is 12.7. The van der Waals surface area contributed by atoms with E-state index in [0.717, 1.165) is 40.6 Å². The molecule has 3 aliphatic heterocycles. The van der Waals surface area contributed by atoms with Gasteiger partial charge in [0.1, 0.15) is 0 Å². The molecule has 0 bridgehead atoms. The van der Waals surface area contributed by atoms with Crippen molar-refractivity contribution >= 4 is 23.6 Å². The molecule has 0 N–H and O–H groups in total. The molecule has 2 fully saturated rings. The van der Waals surface area contributed by atoms with E-state index < -0.39 is 0 Å². The Kier molecular flexibility index (Phi) is 23.2. The van der Waals surface area contributed by atoms with Gasteiger partial charge in [-0.15, -0.1) is 0 Å². The zero-order chi connectivity index (χ0) is 36.4. The minimum atomic E-state index is -0.241. The predicted octanol–water partition coefficient (Wildman–Crippen LogP) is 7.55. The summed E-state index contributed by atoms with van der Waals surface area (Å²) in [7, 11) is 4.56. The maximum Gasteiger partial charge on any atom is 0.333 e. The molecule has 9 heteroatoms. The fraction of sp³-hybridized carbons (Fsp3) is 0.667. The zero-order valence-electron chi connectivity index (χ0n) is 31.8. The van der Waals surface area contributed by atoms with Crippen molar-refractivity contribution in [2.75, 3.05) is 34.5 Å². The Morgan fingerprint density at radius 2 is 1.04 bits per heavy atom. The van der Waals surface area contributed by atoms with Gasteiger partial charge in [0, 0.05) is 29.2 Å². The molecule has 2 atom stereocenters. The van der Waals surface area contributed by atoms with Gasteiger partial charge >= 0.3 is 5.97 Å². The number of methoxy groups -OCH3 is 2. The smallest absolute Gasteiger partial charge is 0.333 e. The first-order valence-electron chi connectivity index (χ1n) is 15.2. The Labute approximate surface area is 274 Å². The van der Waals surface area contributed by atoms with Crippen LogP contribution in [0.2, 0.25) is 0 Å². The predicted molar refractivity (Wildman–Crippen MR) is 183 cm³/mol. The van der Waals surface area contributed by atoms with E-state index in [-0.39, 0.29) is 23.6 Å². The summed E-state index contributed by atoms with van der Waals surface area (Å²) >= 11 is 0. The van der Waals surface area contributed by atoms with E-state index in [0.29, 0.717) is 34.3 Å². The fourth-order valence-electron chi connectivity index (χ4n) is 2.63. The number of ether oxygens (including phenoxy) is 4. The Balaban J connectivity index is -0.000000476. The number of hydrogen-bond acceptors (Lipinski definition) is 8. The summed E-state index contributed by atoms with van der Waals surface area (Å²) in [5.41, 5.74) is 6.55. The number of allylic oxidation sites excluding steroid dienone is 5. The number of Topliss-reactive ketones (excluding diaryl/α,β-unsaturated/α-hetero) is 1. The van der Waals surface area contributed by atoms with Crippen molar-refractivity contribution in [3.63, 3.8) is 0 Å². The summed E-state index contributed by atoms with van der Waals surface area (Å²) < 4.78 is 19.2. The van der Waals surface area contributed by atoms with Gasteiger partial charge in [0.05, 0.1) is 45.4 Å². The van der Waals surface area contributed by atoms with Crippen molar-refractivity contribution < 1.29 is 38.1 Å². The summed E-state index contributed by atoms with van der Waals surface area (Å²) in [6, 6.07) is 0. The van der Waals surface area contributed by atoms with E-state index >= 15 is 0 Å². The summed E-state index contributed by atoms with van der Waals surface area (Å²) in [4.78, 5) is 44.3. The zero-order valence-corrected chi connectivity index (χ0v) is 31.8. The number of esters is 1. The molecule has 9 nitrogen and oxygen atoms in total. The van der Waals surface area contributed by atoms with Gasteiger partial charge in [-0.25, -0.2) is 4.79 Å². The molecule has 2 saturated heterocycles. The third-order valence-corrected chi connectivity index (χ3v) is 7.34. The summed E-state index contributed by atoms with van der Waals surface area (Å²) in [6.07, 6.45) is 1.10. The largest absolute Gasteiger partial charge is 0.501 e. The van der Waals surface area contributed by atoms with Crippen LogP contribution in [0.3, 0.4) is 0 Å². The van der Waals surface area contributed by atoms with Crippen LogP contribution < -0.4 is 0 Å². The number of amides is 2. The highest BCUT2D eigenvalue weighted by atomic mass is 16.6. The highest BCUT2D eigenvalue weighted by Crippen LogP contribution is 2.24. The average molecular weight is 638 g/mol. The molecule has 0 aromatic heterocycles. The molecule has 2 unspecified atom stereocenters. The molecule has 0 saturated carbocycles. The molecule has 260 valence electrons. The number of hydrogen-bond donors (Lipinski definition) is 0. The molecule has 0 aromatic rings. The Bertz CT molecular complexity index is 1090. The Morgan fingerprint density at radius 1 is 0.711 bits per heavy atom. The van der Waals surface area contributed by atoms with E-state index in [2.05, 4.69) is 32.4 Å². The molecule has 3 rings (SSSR count). The van der Waals surface area contributed by atoms with Crippen molar-refractivity contribution in [2.45, 2.75) is 123 Å². The lowest BCUT2D eigenvalue weighted by atomic mass is 9.92. The van der Waals surface area contributed by atoms with Crippen LogP contribution in [0.4, 0.5) is 0 Å². The maximum absolute atomic E-state index is 11.0. The molecule has 0 spiro atoms. The quantitative estimate of drug-likeness (QED) is 0.103. The number of carbonyl (C=O) groups excluding carboxylic acids is 4. The van der Waals surface area contributed by atoms with Gasteiger partial charge in [-0.3, -0.25) is 19.3 Å². The van der Waals surface area contributed by atoms with Gasteiger partial charge in [0.25, 0.3) is 11.8 Å². The first kappa shape index (κ1) is 46.4. The van der Waals surface area contributed by atoms with Crippen LogP contribution >= 0.6 is 0 Å². The van der Waals surface area contributed by atoms with Gasteiger partial charge in [0.2, 0.25) is 0 Å². The van der Waals surface area contributed by atoms with E-state index in [4.69, 9.17) is 14.2 Å². The lowest BCUT2D eigenvalue weighted by Crippen LogP contribution is -2.36. The van der Waals surface area contributed by atoms with Crippen molar-refractivity contribution in [2.24, 2.45) is 5.41 Å². The highest BCUT2D eigenvalue weighted by molar-refractivity contribution is 6.18. The Hall–Kier alpha value is -3.04. The molecule has 0 aromatic carbocycles. The Morgan fingerprint density at radius 3 is 1.09 bits per heavy atom. The first-order valence-corrected chi connectivity index (χ1v) is 15.2. The molecular formula is C36H63NO8. The van der Waals surface area contributed by atoms with E-state index in [1.54, 1.807) is 34.8 Å². The van der Waals surface area contributed by atoms with E-state index in [1.165, 1.54) is 19.7 Å². The maximum atomic E-state index is 11.0. The summed E-state index contributed by atoms with van der Waals surface area (Å²) in [6.45, 7) is 32.6. The number of carbonyl (C=O) groups is 4. The number of ketones is 1. The van der Waals surface area contributed by atoms with Gasteiger partial charge < -0.3 is 18.9 Å². The second-order valence-electron chi connectivity index (χ2n) is 12.7. The highest BCUT2D eigenvalue weighted by Gasteiger charge is 2.29. The minimum absolute atomic E-state index is 0.171. The SMILES string of the molecule is CC(=O)C(C)=C(C)C.CC1(C)COC1.CC1=C(C)C(=O)N(C)C1=O.CC1OC1C.COC(=O)C(C)=C(C)C.COC(C)=C(C)C. The van der Waals surface area contributed by atoms with Gasteiger partial charge in [-0.05, 0) is 108 Å². The number of rotatable bonds is 3. The number of nitrogens with zero attached hydrogens (tertiary/aromatic N) is 1. The average Bonchev–Trinajstić information content (AvgIpc) is 3.60. The van der Waals surface area contributed by atoms with E-state index in [9.17, 15) is 19.2 Å². The van der Waals surface area contributed by atoms with Crippen LogP contribution in [0, 0.1) is 5.41 Å². The van der Waals surface area contributed by atoms with Crippen molar-refractivity contribution in [1.29, 1.82) is 0 Å². The molecule has 0 radical (unpaired) electrons. The van der Waals surface area contributed by atoms with Crippen LogP contribution in [0.5, 0.6) is 0 Å². The molecule has 2 amide bonds. The van der Waals surface area contributed by atoms with Crippen LogP contribution in [0.1, 0.15) is 111 Å². The fourth-order valence-corrected chi connectivity index (χ4v) is 2.63. The molecular weight excluding hydrogens is 574 g/mol. The van der Waals surface area contributed by atoms with Crippen LogP contribution in [0.15, 0.2) is 44.8 Å². The molecule has 3 heterocycles. The third-order valence-electron chi connectivity index (χ3n) is 7.34. The lowest BCUT2D eigenvalue weighted by molar-refractivity contribution is -0.137. The van der Waals surface area contributed by atoms with Crippen molar-refractivity contribution in [3.8, 4) is 0 Å². The van der Waals surface area contributed by atoms with Gasteiger partial charge in [-0.1, -0.05) is 25.0 Å². The first-order chi connectivity index (χ1) is 20.4. The summed E-state index contributed by atoms with van der Waals surface area (Å²) in [5, 5.41) is 0. The normalized spacial score (nSPS) is 18.1. The number of likely N-dealkylation sites (N-methyl/N-ethyl adjacent to an activating group) is 1. The number of epoxide rings is 1. The molecule has 3 aliphatic rings. The second kappa shape index (κ2) is 22.5. The van der Waals surface area contributed by atoms with Crippen LogP contribution in [0.25, 0.3) is 0 Å². The van der Waals surface area contributed by atoms with E-state index in [1.807, 2.05) is 55.4 Å². The van der Waals surface area contributed by atoms with Crippen LogP contribution in [-0.2, 0) is 38.1 Å². The van der Waals surface area contributed by atoms with Crippen molar-refractivity contribution in [1.82, 2.24) is 4.90 Å². The molecule has 0 aliphatic carbocycles. The van der Waals surface area contributed by atoms with Gasteiger partial charge in [0.15, 0.2) is 5.78 Å². The van der Waals surface area contributed by atoms with Crippen LogP contribution in [-0.4, -0.2) is 75.2 Å². The third kappa shape index (κ3) is 20.6. The molecule has 45 heavy (non-hydrogen) atoms. The lowest BCUT2D eigenvalue weighted by Gasteiger charge is -2.33. The summed E-state index contributed by atoms with van der Waals surface area (Å²) in [5.74, 6) is 0.588. The van der Waals surface area contributed by atoms with Crippen molar-refractivity contribution in [3.05, 3.63) is 44.8 Å². The van der Waals surface area contributed by atoms with Gasteiger partial charge in [-0.2, -0.15) is 0 Å². The standard InChI is InChI=1S/C7H9NO2.C7H12O2.C7H12O.C6H12O.C5H10O.C4H8O/c1-4-5(2)7(10)8(3)6(4)9;1-5(2)6(3)7(8)9-4;1-5(2)6(3)7(4)8;1-5(2)6(3)7-4;1-5(2)3-6-4-5;1-3-4(2)5-3/h1-3H3;1-4H3;1-4H3;1-4H3;3-4H2,1-2H3;3-4H,1-2H3. The topological polar surface area (TPSA) is 112 Å².